The van der Waals surface area contributed by atoms with Gasteiger partial charge in [0.25, 0.3) is 0 Å². The summed E-state index contributed by atoms with van der Waals surface area (Å²) < 4.78 is 0. The van der Waals surface area contributed by atoms with Gasteiger partial charge < -0.3 is 10.2 Å². The summed E-state index contributed by atoms with van der Waals surface area (Å²) in [5.74, 6) is 1.97. The molecule has 1 heterocycles. The number of nitrogens with one attached hydrogen (secondary N) is 1. The fourth-order valence-electron chi connectivity index (χ4n) is 1.99. The van der Waals surface area contributed by atoms with E-state index in [1.807, 2.05) is 0 Å². The molecule has 1 saturated heterocycles. The van der Waals surface area contributed by atoms with Crippen LogP contribution in [0.3, 0.4) is 0 Å². The van der Waals surface area contributed by atoms with Gasteiger partial charge in [0.2, 0.25) is 0 Å². The second-order valence-electron chi connectivity index (χ2n) is 4.36. The zero-order valence-electron chi connectivity index (χ0n) is 9.34. The Morgan fingerprint density at radius 2 is 2.00 bits per heavy atom. The van der Waals surface area contributed by atoms with Crippen molar-refractivity contribution in [2.24, 2.45) is 5.92 Å². The topological polar surface area (TPSA) is 15.3 Å². The molecule has 1 N–H and O–H groups in total. The average molecular weight is 216 g/mol. The van der Waals surface area contributed by atoms with Gasteiger partial charge in [-0.2, -0.15) is 12.6 Å². The van der Waals surface area contributed by atoms with Gasteiger partial charge in [0.15, 0.2) is 0 Å². The minimum Gasteiger partial charge on any atom is -0.317 e. The molecule has 0 spiro atoms. The number of likely N-dealkylation sites (tertiary alicyclic amines) is 1. The summed E-state index contributed by atoms with van der Waals surface area (Å²) in [4.78, 5) is 2.44. The standard InChI is InChI=1S/C11H24N2S/c1-13-8-4-11(5-9-13)3-7-12-6-2-10-14/h11-12,14H,2-10H2,1H3. The lowest BCUT2D eigenvalue weighted by atomic mass is 9.94. The summed E-state index contributed by atoms with van der Waals surface area (Å²) in [7, 11) is 2.22. The predicted octanol–water partition coefficient (Wildman–Crippen LogP) is 1.63. The maximum absolute atomic E-state index is 4.19. The molecule has 1 aliphatic heterocycles. The van der Waals surface area contributed by atoms with E-state index in [2.05, 4.69) is 29.9 Å². The SMILES string of the molecule is CN1CCC(CCNCCCS)CC1. The van der Waals surface area contributed by atoms with Gasteiger partial charge in [0.1, 0.15) is 0 Å². The first-order valence-corrected chi connectivity index (χ1v) is 6.46. The third-order valence-electron chi connectivity index (χ3n) is 3.08. The maximum Gasteiger partial charge on any atom is -0.00191 e. The highest BCUT2D eigenvalue weighted by Gasteiger charge is 2.15. The first-order valence-electron chi connectivity index (χ1n) is 5.83. The Hall–Kier alpha value is 0.270. The molecule has 0 aromatic carbocycles. The molecule has 0 bridgehead atoms. The summed E-state index contributed by atoms with van der Waals surface area (Å²) in [6.07, 6.45) is 5.34. The van der Waals surface area contributed by atoms with Gasteiger partial charge >= 0.3 is 0 Å². The van der Waals surface area contributed by atoms with E-state index in [9.17, 15) is 0 Å². The Labute approximate surface area is 93.8 Å². The third kappa shape index (κ3) is 5.23. The van der Waals surface area contributed by atoms with Crippen molar-refractivity contribution in [2.75, 3.05) is 39.0 Å². The van der Waals surface area contributed by atoms with Crippen LogP contribution in [-0.2, 0) is 0 Å². The molecule has 0 aromatic heterocycles. The lowest BCUT2D eigenvalue weighted by Gasteiger charge is -2.28. The van der Waals surface area contributed by atoms with Crippen molar-refractivity contribution < 1.29 is 0 Å². The normalized spacial score (nSPS) is 20.1. The first-order chi connectivity index (χ1) is 6.83. The van der Waals surface area contributed by atoms with Crippen LogP contribution in [-0.4, -0.2) is 43.9 Å². The molecule has 0 amide bonds. The molecule has 0 saturated carbocycles. The largest absolute Gasteiger partial charge is 0.317 e. The number of hydrogen-bond donors (Lipinski definition) is 2. The van der Waals surface area contributed by atoms with E-state index in [4.69, 9.17) is 0 Å². The number of rotatable bonds is 6. The zero-order valence-corrected chi connectivity index (χ0v) is 10.2. The lowest BCUT2D eigenvalue weighted by Crippen LogP contribution is -2.31. The van der Waals surface area contributed by atoms with Gasteiger partial charge in [-0.25, -0.2) is 0 Å². The highest BCUT2D eigenvalue weighted by Crippen LogP contribution is 2.18. The Balaban J connectivity index is 1.91. The molecular formula is C11H24N2S. The quantitative estimate of drug-likeness (QED) is 0.518. The molecule has 0 unspecified atom stereocenters. The van der Waals surface area contributed by atoms with E-state index in [0.29, 0.717) is 0 Å². The number of hydrogen-bond acceptors (Lipinski definition) is 3. The minimum atomic E-state index is 0.967. The van der Waals surface area contributed by atoms with Gasteiger partial charge in [-0.15, -0.1) is 0 Å². The van der Waals surface area contributed by atoms with Crippen LogP contribution in [0.4, 0.5) is 0 Å². The van der Waals surface area contributed by atoms with E-state index in [1.54, 1.807) is 0 Å². The lowest BCUT2D eigenvalue weighted by molar-refractivity contribution is 0.212. The maximum atomic E-state index is 4.19. The summed E-state index contributed by atoms with van der Waals surface area (Å²) in [5, 5.41) is 3.48. The molecular weight excluding hydrogens is 192 g/mol. The van der Waals surface area contributed by atoms with E-state index < -0.39 is 0 Å². The molecule has 0 radical (unpaired) electrons. The van der Waals surface area contributed by atoms with Crippen LogP contribution >= 0.6 is 12.6 Å². The van der Waals surface area contributed by atoms with Crippen LogP contribution in [0.25, 0.3) is 0 Å². The number of thiol groups is 1. The van der Waals surface area contributed by atoms with Crippen molar-refractivity contribution in [2.45, 2.75) is 25.7 Å². The van der Waals surface area contributed by atoms with E-state index in [-0.39, 0.29) is 0 Å². The monoisotopic (exact) mass is 216 g/mol. The summed E-state index contributed by atoms with van der Waals surface area (Å²) in [6, 6.07) is 0. The Morgan fingerprint density at radius 1 is 1.29 bits per heavy atom. The summed E-state index contributed by atoms with van der Waals surface area (Å²) in [6.45, 7) is 4.92. The fraction of sp³-hybridized carbons (Fsp3) is 1.00. The predicted molar refractivity (Wildman–Crippen MR) is 66.2 cm³/mol. The van der Waals surface area contributed by atoms with E-state index in [0.717, 1.165) is 18.2 Å². The third-order valence-corrected chi connectivity index (χ3v) is 3.40. The van der Waals surface area contributed by atoms with E-state index >= 15 is 0 Å². The van der Waals surface area contributed by atoms with Gasteiger partial charge in [0.05, 0.1) is 0 Å². The Bertz CT molecular complexity index is 133. The van der Waals surface area contributed by atoms with E-state index in [1.165, 1.54) is 45.3 Å². The number of nitrogens with zero attached hydrogens (tertiary/aromatic N) is 1. The van der Waals surface area contributed by atoms with Crippen molar-refractivity contribution in [3.05, 3.63) is 0 Å². The van der Waals surface area contributed by atoms with Crippen molar-refractivity contribution in [3.8, 4) is 0 Å². The second kappa shape index (κ2) is 7.55. The molecule has 3 heteroatoms. The van der Waals surface area contributed by atoms with Gasteiger partial charge in [0, 0.05) is 0 Å². The summed E-state index contributed by atoms with van der Waals surface area (Å²) >= 11 is 4.19. The molecule has 0 aliphatic carbocycles. The molecule has 2 nitrogen and oxygen atoms in total. The summed E-state index contributed by atoms with van der Waals surface area (Å²) in [5.41, 5.74) is 0. The molecule has 14 heavy (non-hydrogen) atoms. The first kappa shape index (κ1) is 12.3. The number of piperidine rings is 1. The molecule has 0 atom stereocenters. The van der Waals surface area contributed by atoms with Crippen LogP contribution in [0.15, 0.2) is 0 Å². The van der Waals surface area contributed by atoms with Crippen LogP contribution in [0.5, 0.6) is 0 Å². The highest BCUT2D eigenvalue weighted by atomic mass is 32.1. The minimum absolute atomic E-state index is 0.967. The van der Waals surface area contributed by atoms with Crippen LogP contribution in [0.2, 0.25) is 0 Å². The molecule has 1 aliphatic rings. The van der Waals surface area contributed by atoms with Crippen LogP contribution < -0.4 is 5.32 Å². The van der Waals surface area contributed by atoms with Gasteiger partial charge in [-0.1, -0.05) is 0 Å². The van der Waals surface area contributed by atoms with Crippen LogP contribution in [0.1, 0.15) is 25.7 Å². The molecule has 1 fully saturated rings. The van der Waals surface area contributed by atoms with Crippen molar-refractivity contribution >= 4 is 12.6 Å². The van der Waals surface area contributed by atoms with Gasteiger partial charge in [-0.3, -0.25) is 0 Å². The Morgan fingerprint density at radius 3 is 2.64 bits per heavy atom. The fourth-order valence-corrected chi connectivity index (χ4v) is 2.14. The van der Waals surface area contributed by atoms with Crippen molar-refractivity contribution in [1.29, 1.82) is 0 Å². The second-order valence-corrected chi connectivity index (χ2v) is 4.81. The van der Waals surface area contributed by atoms with Gasteiger partial charge in [-0.05, 0) is 70.6 Å². The molecule has 1 rings (SSSR count). The molecule has 0 aromatic rings. The van der Waals surface area contributed by atoms with Crippen molar-refractivity contribution in [1.82, 2.24) is 10.2 Å². The van der Waals surface area contributed by atoms with Crippen molar-refractivity contribution in [3.63, 3.8) is 0 Å². The highest BCUT2D eigenvalue weighted by molar-refractivity contribution is 7.80. The van der Waals surface area contributed by atoms with Crippen LogP contribution in [0, 0.1) is 5.92 Å². The zero-order chi connectivity index (χ0) is 10.2. The smallest absolute Gasteiger partial charge is 0.00191 e. The molecule has 84 valence electrons. The Kier molecular flexibility index (Phi) is 6.65. The average Bonchev–Trinajstić information content (AvgIpc) is 2.21.